The van der Waals surface area contributed by atoms with Crippen LogP contribution in [0.1, 0.15) is 33.2 Å². The SMILES string of the molecule is Cc1ccc(C(N)c2cc(Br)sc2C)c(C)c1. The summed E-state index contributed by atoms with van der Waals surface area (Å²) in [5, 5.41) is 0. The average molecular weight is 310 g/mol. The van der Waals surface area contributed by atoms with Crippen molar-refractivity contribution in [3.63, 3.8) is 0 Å². The second-order valence-electron chi connectivity index (χ2n) is 4.40. The lowest BCUT2D eigenvalue weighted by atomic mass is 9.95. The molecule has 0 saturated heterocycles. The predicted molar refractivity (Wildman–Crippen MR) is 78.7 cm³/mol. The maximum atomic E-state index is 6.37. The minimum atomic E-state index is -0.0295. The molecule has 2 N–H and O–H groups in total. The molecule has 2 rings (SSSR count). The van der Waals surface area contributed by atoms with Crippen LogP contribution in [0.15, 0.2) is 28.1 Å². The Morgan fingerprint density at radius 1 is 1.12 bits per heavy atom. The Bertz CT molecular complexity index is 545. The molecule has 1 heterocycles. The minimum Gasteiger partial charge on any atom is -0.320 e. The molecule has 0 bridgehead atoms. The summed E-state index contributed by atoms with van der Waals surface area (Å²) < 4.78 is 1.14. The van der Waals surface area contributed by atoms with E-state index in [1.54, 1.807) is 11.3 Å². The highest BCUT2D eigenvalue weighted by molar-refractivity contribution is 9.11. The van der Waals surface area contributed by atoms with Gasteiger partial charge in [0.15, 0.2) is 0 Å². The second-order valence-corrected chi connectivity index (χ2v) is 7.04. The minimum absolute atomic E-state index is 0.0295. The van der Waals surface area contributed by atoms with E-state index in [0.717, 1.165) is 3.79 Å². The van der Waals surface area contributed by atoms with Gasteiger partial charge in [0, 0.05) is 4.88 Å². The molecule has 0 radical (unpaired) electrons. The zero-order chi connectivity index (χ0) is 12.6. The third-order valence-electron chi connectivity index (χ3n) is 3.02. The van der Waals surface area contributed by atoms with Gasteiger partial charge in [-0.15, -0.1) is 11.3 Å². The van der Waals surface area contributed by atoms with Gasteiger partial charge in [-0.2, -0.15) is 0 Å². The third-order valence-corrected chi connectivity index (χ3v) is 4.59. The van der Waals surface area contributed by atoms with Crippen molar-refractivity contribution in [2.45, 2.75) is 26.8 Å². The summed E-state index contributed by atoms with van der Waals surface area (Å²) in [5.74, 6) is 0. The molecule has 0 aliphatic rings. The standard InChI is InChI=1S/C14H16BrNS/c1-8-4-5-11(9(2)6-8)14(16)12-7-13(15)17-10(12)3/h4-7,14H,16H2,1-3H3. The van der Waals surface area contributed by atoms with E-state index >= 15 is 0 Å². The lowest BCUT2D eigenvalue weighted by molar-refractivity contribution is 0.858. The molecule has 0 amide bonds. The summed E-state index contributed by atoms with van der Waals surface area (Å²) in [4.78, 5) is 1.28. The Labute approximate surface area is 115 Å². The van der Waals surface area contributed by atoms with Gasteiger partial charge >= 0.3 is 0 Å². The molecule has 0 aliphatic heterocycles. The van der Waals surface area contributed by atoms with Gasteiger partial charge in [0.1, 0.15) is 0 Å². The van der Waals surface area contributed by atoms with Crippen LogP contribution >= 0.6 is 27.3 Å². The fourth-order valence-corrected chi connectivity index (χ4v) is 3.87. The van der Waals surface area contributed by atoms with Crippen LogP contribution in [0.2, 0.25) is 0 Å². The van der Waals surface area contributed by atoms with E-state index in [1.807, 2.05) is 0 Å². The highest BCUT2D eigenvalue weighted by Crippen LogP contribution is 2.33. The first-order valence-electron chi connectivity index (χ1n) is 5.57. The number of rotatable bonds is 2. The smallest absolute Gasteiger partial charge is 0.0704 e. The summed E-state index contributed by atoms with van der Waals surface area (Å²) in [5.41, 5.74) is 11.3. The van der Waals surface area contributed by atoms with Crippen LogP contribution in [0.25, 0.3) is 0 Å². The lowest BCUT2D eigenvalue weighted by Crippen LogP contribution is -2.13. The fourth-order valence-electron chi connectivity index (χ4n) is 2.11. The van der Waals surface area contributed by atoms with Crippen molar-refractivity contribution in [3.05, 3.63) is 55.2 Å². The molecule has 1 aromatic carbocycles. The van der Waals surface area contributed by atoms with Gasteiger partial charge in [-0.05, 0) is 59.5 Å². The topological polar surface area (TPSA) is 26.0 Å². The van der Waals surface area contributed by atoms with E-state index in [1.165, 1.54) is 27.1 Å². The molecule has 1 atom stereocenters. The molecule has 1 unspecified atom stereocenters. The number of hydrogen-bond donors (Lipinski definition) is 1. The van der Waals surface area contributed by atoms with Gasteiger partial charge in [0.05, 0.1) is 9.83 Å². The molecule has 1 nitrogen and oxygen atoms in total. The molecular formula is C14H16BrNS. The highest BCUT2D eigenvalue weighted by atomic mass is 79.9. The van der Waals surface area contributed by atoms with Crippen LogP contribution in [0.3, 0.4) is 0 Å². The van der Waals surface area contributed by atoms with E-state index < -0.39 is 0 Å². The number of aryl methyl sites for hydroxylation is 3. The summed E-state index contributed by atoms with van der Waals surface area (Å²) >= 11 is 5.25. The van der Waals surface area contributed by atoms with Gasteiger partial charge in [0.2, 0.25) is 0 Å². The van der Waals surface area contributed by atoms with E-state index in [9.17, 15) is 0 Å². The quantitative estimate of drug-likeness (QED) is 0.869. The summed E-state index contributed by atoms with van der Waals surface area (Å²) in [7, 11) is 0. The molecule has 0 spiro atoms. The Hall–Kier alpha value is -0.640. The first-order valence-corrected chi connectivity index (χ1v) is 7.18. The van der Waals surface area contributed by atoms with Crippen molar-refractivity contribution in [3.8, 4) is 0 Å². The highest BCUT2D eigenvalue weighted by Gasteiger charge is 2.15. The monoisotopic (exact) mass is 309 g/mol. The van der Waals surface area contributed by atoms with Crippen LogP contribution in [0.5, 0.6) is 0 Å². The summed E-state index contributed by atoms with van der Waals surface area (Å²) in [6.45, 7) is 6.35. The Balaban J connectivity index is 2.43. The number of thiophene rings is 1. The largest absolute Gasteiger partial charge is 0.320 e. The van der Waals surface area contributed by atoms with Crippen molar-refractivity contribution in [2.75, 3.05) is 0 Å². The maximum absolute atomic E-state index is 6.37. The van der Waals surface area contributed by atoms with Crippen molar-refractivity contribution >= 4 is 27.3 Å². The van der Waals surface area contributed by atoms with Gasteiger partial charge in [-0.1, -0.05) is 23.8 Å². The Morgan fingerprint density at radius 3 is 2.35 bits per heavy atom. The molecule has 0 saturated carbocycles. The predicted octanol–water partition coefficient (Wildman–Crippen LogP) is 4.48. The van der Waals surface area contributed by atoms with Gasteiger partial charge < -0.3 is 5.73 Å². The van der Waals surface area contributed by atoms with Crippen molar-refractivity contribution in [1.29, 1.82) is 0 Å². The van der Waals surface area contributed by atoms with Gasteiger partial charge in [-0.25, -0.2) is 0 Å². The van der Waals surface area contributed by atoms with Crippen LogP contribution < -0.4 is 5.73 Å². The van der Waals surface area contributed by atoms with Crippen LogP contribution in [-0.4, -0.2) is 0 Å². The van der Waals surface area contributed by atoms with E-state index in [-0.39, 0.29) is 6.04 Å². The number of benzene rings is 1. The summed E-state index contributed by atoms with van der Waals surface area (Å²) in [6, 6.07) is 8.55. The third kappa shape index (κ3) is 2.62. The second kappa shape index (κ2) is 4.92. The number of nitrogens with two attached hydrogens (primary N) is 1. The first kappa shape index (κ1) is 12.8. The number of hydrogen-bond acceptors (Lipinski definition) is 2. The zero-order valence-corrected chi connectivity index (χ0v) is 12.7. The molecule has 3 heteroatoms. The van der Waals surface area contributed by atoms with Crippen molar-refractivity contribution in [1.82, 2.24) is 0 Å². The van der Waals surface area contributed by atoms with Crippen LogP contribution in [0, 0.1) is 20.8 Å². The first-order chi connectivity index (χ1) is 7.99. The van der Waals surface area contributed by atoms with Crippen molar-refractivity contribution < 1.29 is 0 Å². The molecule has 2 aromatic rings. The molecule has 17 heavy (non-hydrogen) atoms. The maximum Gasteiger partial charge on any atom is 0.0704 e. The lowest BCUT2D eigenvalue weighted by Gasteiger charge is -2.15. The summed E-state index contributed by atoms with van der Waals surface area (Å²) in [6.07, 6.45) is 0. The fraction of sp³-hybridized carbons (Fsp3) is 0.286. The van der Waals surface area contributed by atoms with Gasteiger partial charge in [-0.3, -0.25) is 0 Å². The van der Waals surface area contributed by atoms with Crippen molar-refractivity contribution in [2.24, 2.45) is 5.73 Å². The number of halogens is 1. The molecule has 1 aromatic heterocycles. The average Bonchev–Trinajstić information content (AvgIpc) is 2.57. The van der Waals surface area contributed by atoms with E-state index in [2.05, 4.69) is 61.0 Å². The molecule has 0 fully saturated rings. The van der Waals surface area contributed by atoms with E-state index in [0.29, 0.717) is 0 Å². The molecule has 0 aliphatic carbocycles. The van der Waals surface area contributed by atoms with Crippen LogP contribution in [-0.2, 0) is 0 Å². The zero-order valence-electron chi connectivity index (χ0n) is 10.3. The normalized spacial score (nSPS) is 12.8. The van der Waals surface area contributed by atoms with E-state index in [4.69, 9.17) is 5.73 Å². The molecule has 90 valence electrons. The van der Waals surface area contributed by atoms with Crippen LogP contribution in [0.4, 0.5) is 0 Å². The van der Waals surface area contributed by atoms with Gasteiger partial charge in [0.25, 0.3) is 0 Å². The Morgan fingerprint density at radius 2 is 1.82 bits per heavy atom. The Kier molecular flexibility index (Phi) is 3.71. The molecular weight excluding hydrogens is 294 g/mol.